The van der Waals surface area contributed by atoms with E-state index in [-0.39, 0.29) is 5.82 Å². The molecule has 0 saturated carbocycles. The summed E-state index contributed by atoms with van der Waals surface area (Å²) in [6.45, 7) is 6.19. The van der Waals surface area contributed by atoms with Crippen molar-refractivity contribution in [1.82, 2.24) is 0 Å². The summed E-state index contributed by atoms with van der Waals surface area (Å²) >= 11 is 0. The highest BCUT2D eigenvalue weighted by Crippen LogP contribution is 2.15. The quantitative estimate of drug-likeness (QED) is 0.601. The average Bonchev–Trinajstić information content (AvgIpc) is 2.25. The fraction of sp³-hybridized carbons (Fsp3) is 0.429. The third-order valence-corrected chi connectivity index (χ3v) is 2.59. The molecule has 0 bridgehead atoms. The van der Waals surface area contributed by atoms with E-state index in [1.807, 2.05) is 12.1 Å². The molecule has 0 aliphatic heterocycles. The molecule has 1 rings (SSSR count). The van der Waals surface area contributed by atoms with Crippen molar-refractivity contribution >= 4 is 0 Å². The molecule has 1 heteroatoms. The minimum absolute atomic E-state index is 0.0965. The molecule has 1 aromatic rings. The molecular formula is C14H19F. The number of aryl methyl sites for hydroxylation is 1. The number of halogens is 1. The minimum Gasteiger partial charge on any atom is -0.207 e. The molecule has 15 heavy (non-hydrogen) atoms. The zero-order valence-electron chi connectivity index (χ0n) is 9.43. The van der Waals surface area contributed by atoms with Gasteiger partial charge in [-0.1, -0.05) is 43.7 Å². The van der Waals surface area contributed by atoms with Crippen LogP contribution in [0.4, 0.5) is 4.39 Å². The van der Waals surface area contributed by atoms with Gasteiger partial charge >= 0.3 is 0 Å². The Kier molecular flexibility index (Phi) is 5.09. The summed E-state index contributed by atoms with van der Waals surface area (Å²) in [6, 6.07) is 6.98. The Hall–Kier alpha value is -1.11. The van der Waals surface area contributed by atoms with Crippen LogP contribution in [0.1, 0.15) is 38.2 Å². The Bertz CT molecular complexity index is 315. The molecule has 0 N–H and O–H groups in total. The van der Waals surface area contributed by atoms with Crippen molar-refractivity contribution in [2.45, 2.75) is 39.0 Å². The van der Waals surface area contributed by atoms with Crippen LogP contribution >= 0.6 is 0 Å². The van der Waals surface area contributed by atoms with Gasteiger partial charge in [0.1, 0.15) is 5.82 Å². The lowest BCUT2D eigenvalue weighted by atomic mass is 10.0. The lowest BCUT2D eigenvalue weighted by Gasteiger charge is -2.05. The SMILES string of the molecule is C=C(CCCC)CCc1ccccc1F. The molecule has 0 radical (unpaired) electrons. The van der Waals surface area contributed by atoms with Crippen LogP contribution in [0.2, 0.25) is 0 Å². The lowest BCUT2D eigenvalue weighted by molar-refractivity contribution is 0.607. The molecule has 0 amide bonds. The van der Waals surface area contributed by atoms with E-state index in [0.29, 0.717) is 0 Å². The summed E-state index contributed by atoms with van der Waals surface area (Å²) in [4.78, 5) is 0. The van der Waals surface area contributed by atoms with E-state index in [4.69, 9.17) is 0 Å². The first-order valence-electron chi connectivity index (χ1n) is 5.64. The summed E-state index contributed by atoms with van der Waals surface area (Å²) in [6.07, 6.45) is 5.13. The average molecular weight is 206 g/mol. The first kappa shape index (κ1) is 12.0. The minimum atomic E-state index is -0.0965. The van der Waals surface area contributed by atoms with Crippen LogP contribution in [0.15, 0.2) is 36.4 Å². The topological polar surface area (TPSA) is 0 Å². The van der Waals surface area contributed by atoms with Gasteiger partial charge in [0.25, 0.3) is 0 Å². The van der Waals surface area contributed by atoms with Crippen molar-refractivity contribution in [3.05, 3.63) is 47.8 Å². The van der Waals surface area contributed by atoms with Crippen molar-refractivity contribution in [2.24, 2.45) is 0 Å². The Balaban J connectivity index is 2.37. The van der Waals surface area contributed by atoms with Gasteiger partial charge < -0.3 is 0 Å². The second-order valence-electron chi connectivity index (χ2n) is 3.94. The van der Waals surface area contributed by atoms with Crippen LogP contribution < -0.4 is 0 Å². The van der Waals surface area contributed by atoms with Crippen LogP contribution in [0.3, 0.4) is 0 Å². The monoisotopic (exact) mass is 206 g/mol. The van der Waals surface area contributed by atoms with Gasteiger partial charge in [-0.25, -0.2) is 4.39 Å². The Labute approximate surface area is 91.8 Å². The van der Waals surface area contributed by atoms with Crippen LogP contribution in [-0.2, 0) is 6.42 Å². The standard InChI is InChI=1S/C14H19F/c1-3-4-7-12(2)10-11-13-8-5-6-9-14(13)15/h5-6,8-9H,2-4,7,10-11H2,1H3. The molecule has 1 aromatic carbocycles. The van der Waals surface area contributed by atoms with Gasteiger partial charge in [-0.15, -0.1) is 0 Å². The first-order valence-corrected chi connectivity index (χ1v) is 5.64. The summed E-state index contributed by atoms with van der Waals surface area (Å²) < 4.78 is 13.3. The van der Waals surface area contributed by atoms with Gasteiger partial charge in [0.15, 0.2) is 0 Å². The molecule has 0 fully saturated rings. The fourth-order valence-electron chi connectivity index (χ4n) is 1.56. The van der Waals surface area contributed by atoms with Gasteiger partial charge in [0.05, 0.1) is 0 Å². The second-order valence-corrected chi connectivity index (χ2v) is 3.94. The summed E-state index contributed by atoms with van der Waals surface area (Å²) in [5, 5.41) is 0. The summed E-state index contributed by atoms with van der Waals surface area (Å²) in [5.41, 5.74) is 2.04. The maximum atomic E-state index is 13.3. The van der Waals surface area contributed by atoms with E-state index in [1.54, 1.807) is 6.07 Å². The predicted molar refractivity (Wildman–Crippen MR) is 63.4 cm³/mol. The lowest BCUT2D eigenvalue weighted by Crippen LogP contribution is -1.92. The largest absolute Gasteiger partial charge is 0.207 e. The van der Waals surface area contributed by atoms with Gasteiger partial charge in [0, 0.05) is 0 Å². The number of rotatable bonds is 6. The number of hydrogen-bond donors (Lipinski definition) is 0. The molecule has 0 nitrogen and oxygen atoms in total. The third-order valence-electron chi connectivity index (χ3n) is 2.59. The Morgan fingerprint density at radius 1 is 1.27 bits per heavy atom. The second kappa shape index (κ2) is 6.39. The third kappa shape index (κ3) is 4.28. The van der Waals surface area contributed by atoms with Crippen molar-refractivity contribution in [3.8, 4) is 0 Å². The van der Waals surface area contributed by atoms with Crippen molar-refractivity contribution < 1.29 is 4.39 Å². The van der Waals surface area contributed by atoms with Crippen molar-refractivity contribution in [2.75, 3.05) is 0 Å². The number of benzene rings is 1. The Morgan fingerprint density at radius 3 is 2.67 bits per heavy atom. The number of unbranched alkanes of at least 4 members (excludes halogenated alkanes) is 1. The van der Waals surface area contributed by atoms with Crippen LogP contribution in [0.25, 0.3) is 0 Å². The highest BCUT2D eigenvalue weighted by molar-refractivity contribution is 5.18. The van der Waals surface area contributed by atoms with Gasteiger partial charge in [-0.05, 0) is 37.3 Å². The summed E-state index contributed by atoms with van der Waals surface area (Å²) in [7, 11) is 0. The molecule has 0 saturated heterocycles. The fourth-order valence-corrected chi connectivity index (χ4v) is 1.56. The highest BCUT2D eigenvalue weighted by Gasteiger charge is 2.01. The van der Waals surface area contributed by atoms with E-state index >= 15 is 0 Å². The van der Waals surface area contributed by atoms with E-state index in [2.05, 4.69) is 13.5 Å². The molecule has 0 aromatic heterocycles. The van der Waals surface area contributed by atoms with Gasteiger partial charge in [0.2, 0.25) is 0 Å². The molecule has 0 spiro atoms. The predicted octanol–water partition coefficient (Wildman–Crippen LogP) is 4.50. The van der Waals surface area contributed by atoms with Crippen molar-refractivity contribution in [3.63, 3.8) is 0 Å². The van der Waals surface area contributed by atoms with Crippen molar-refractivity contribution in [1.29, 1.82) is 0 Å². The zero-order valence-corrected chi connectivity index (χ0v) is 9.43. The molecule has 0 heterocycles. The normalized spacial score (nSPS) is 10.3. The molecule has 0 unspecified atom stereocenters. The van der Waals surface area contributed by atoms with Crippen LogP contribution in [-0.4, -0.2) is 0 Å². The first-order chi connectivity index (χ1) is 7.24. The van der Waals surface area contributed by atoms with Crippen LogP contribution in [0, 0.1) is 5.82 Å². The van der Waals surface area contributed by atoms with E-state index in [1.165, 1.54) is 24.5 Å². The molecular weight excluding hydrogens is 187 g/mol. The molecule has 0 aliphatic rings. The number of hydrogen-bond acceptors (Lipinski definition) is 0. The zero-order chi connectivity index (χ0) is 11.1. The van der Waals surface area contributed by atoms with E-state index in [0.717, 1.165) is 24.8 Å². The molecule has 0 aliphatic carbocycles. The smallest absolute Gasteiger partial charge is 0.126 e. The van der Waals surface area contributed by atoms with E-state index in [9.17, 15) is 4.39 Å². The van der Waals surface area contributed by atoms with Crippen LogP contribution in [0.5, 0.6) is 0 Å². The maximum Gasteiger partial charge on any atom is 0.126 e. The Morgan fingerprint density at radius 2 is 2.00 bits per heavy atom. The van der Waals surface area contributed by atoms with E-state index < -0.39 is 0 Å². The molecule has 0 atom stereocenters. The summed E-state index contributed by atoms with van der Waals surface area (Å²) in [5.74, 6) is -0.0965. The van der Waals surface area contributed by atoms with Gasteiger partial charge in [-0.3, -0.25) is 0 Å². The highest BCUT2D eigenvalue weighted by atomic mass is 19.1. The van der Waals surface area contributed by atoms with Gasteiger partial charge in [-0.2, -0.15) is 0 Å². The molecule has 82 valence electrons. The number of allylic oxidation sites excluding steroid dienone is 1. The maximum absolute atomic E-state index is 13.3.